The molecule has 7 heteroatoms. The van der Waals surface area contributed by atoms with Gasteiger partial charge < -0.3 is 4.74 Å². The van der Waals surface area contributed by atoms with Gasteiger partial charge in [0.15, 0.2) is 5.69 Å². The maximum absolute atomic E-state index is 12.9. The van der Waals surface area contributed by atoms with Gasteiger partial charge in [0.1, 0.15) is 11.9 Å². The van der Waals surface area contributed by atoms with Crippen LogP contribution in [0.15, 0.2) is 69.8 Å². The van der Waals surface area contributed by atoms with Crippen molar-refractivity contribution in [3.63, 3.8) is 0 Å². The Labute approximate surface area is 169 Å². The SMILES string of the molecule is C[C@@H]1Oc2ccccc2C=C1/C=c1/sc2nc(=O)c(-c3ccccc3)nn2c1=O. The summed E-state index contributed by atoms with van der Waals surface area (Å²) in [5.41, 5.74) is 1.87. The van der Waals surface area contributed by atoms with Gasteiger partial charge in [-0.25, -0.2) is 0 Å². The van der Waals surface area contributed by atoms with Gasteiger partial charge in [-0.3, -0.25) is 9.59 Å². The Kier molecular flexibility index (Phi) is 4.10. The molecule has 0 saturated carbocycles. The van der Waals surface area contributed by atoms with Gasteiger partial charge in [0.05, 0.1) is 4.53 Å². The molecular weight excluding hydrogens is 386 g/mol. The number of fused-ring (bicyclic) bond motifs is 2. The smallest absolute Gasteiger partial charge is 0.300 e. The molecule has 0 unspecified atom stereocenters. The van der Waals surface area contributed by atoms with Crippen LogP contribution in [0.5, 0.6) is 5.75 Å². The van der Waals surface area contributed by atoms with Crippen LogP contribution in [0.25, 0.3) is 28.4 Å². The lowest BCUT2D eigenvalue weighted by Gasteiger charge is -2.22. The second kappa shape index (κ2) is 6.79. The maximum Gasteiger partial charge on any atom is 0.300 e. The van der Waals surface area contributed by atoms with Crippen LogP contribution in [-0.2, 0) is 0 Å². The zero-order valence-electron chi connectivity index (χ0n) is 15.4. The normalized spacial score (nSPS) is 16.4. The van der Waals surface area contributed by atoms with Crippen molar-refractivity contribution in [2.75, 3.05) is 0 Å². The zero-order valence-corrected chi connectivity index (χ0v) is 16.2. The fourth-order valence-electron chi connectivity index (χ4n) is 3.26. The topological polar surface area (TPSA) is 73.6 Å². The molecule has 1 atom stereocenters. The van der Waals surface area contributed by atoms with Crippen LogP contribution in [0.3, 0.4) is 0 Å². The molecule has 2 aromatic carbocycles. The van der Waals surface area contributed by atoms with Gasteiger partial charge >= 0.3 is 5.56 Å². The summed E-state index contributed by atoms with van der Waals surface area (Å²) < 4.78 is 7.59. The molecule has 0 spiro atoms. The molecule has 2 aromatic heterocycles. The molecule has 0 fully saturated rings. The first-order chi connectivity index (χ1) is 14.1. The van der Waals surface area contributed by atoms with E-state index in [4.69, 9.17) is 4.74 Å². The van der Waals surface area contributed by atoms with Gasteiger partial charge in [-0.15, -0.1) is 0 Å². The van der Waals surface area contributed by atoms with E-state index in [0.29, 0.717) is 10.1 Å². The highest BCUT2D eigenvalue weighted by atomic mass is 32.1. The van der Waals surface area contributed by atoms with Crippen molar-refractivity contribution in [2.45, 2.75) is 13.0 Å². The van der Waals surface area contributed by atoms with Crippen molar-refractivity contribution in [3.05, 3.63) is 91.0 Å². The number of ether oxygens (including phenoxy) is 1. The molecule has 142 valence electrons. The Morgan fingerprint density at radius 1 is 1.07 bits per heavy atom. The Hall–Kier alpha value is -3.58. The number of aromatic nitrogens is 3. The lowest BCUT2D eigenvalue weighted by atomic mass is 10.0. The summed E-state index contributed by atoms with van der Waals surface area (Å²) in [5, 5.41) is 4.28. The van der Waals surface area contributed by atoms with Crippen LogP contribution < -0.4 is 20.4 Å². The molecule has 1 aliphatic rings. The van der Waals surface area contributed by atoms with Crippen LogP contribution in [0, 0.1) is 0 Å². The van der Waals surface area contributed by atoms with E-state index in [1.54, 1.807) is 18.2 Å². The van der Waals surface area contributed by atoms with Crippen molar-refractivity contribution < 1.29 is 4.74 Å². The van der Waals surface area contributed by atoms with E-state index >= 15 is 0 Å². The monoisotopic (exact) mass is 401 g/mol. The van der Waals surface area contributed by atoms with E-state index in [1.165, 1.54) is 4.52 Å². The first kappa shape index (κ1) is 17.5. The fraction of sp³-hybridized carbons (Fsp3) is 0.0909. The number of thiazole rings is 1. The molecule has 1 aliphatic heterocycles. The molecule has 0 bridgehead atoms. The summed E-state index contributed by atoms with van der Waals surface area (Å²) in [6.45, 7) is 1.93. The van der Waals surface area contributed by atoms with Crippen molar-refractivity contribution in [1.82, 2.24) is 14.6 Å². The number of hydrogen-bond donors (Lipinski definition) is 0. The molecule has 3 heterocycles. The molecular formula is C22H15N3O3S. The highest BCUT2D eigenvalue weighted by molar-refractivity contribution is 7.15. The van der Waals surface area contributed by atoms with Crippen LogP contribution >= 0.6 is 11.3 Å². The first-order valence-corrected chi connectivity index (χ1v) is 9.90. The third-order valence-electron chi connectivity index (χ3n) is 4.74. The summed E-state index contributed by atoms with van der Waals surface area (Å²) in [6.07, 6.45) is 3.60. The van der Waals surface area contributed by atoms with Gasteiger partial charge in [0.25, 0.3) is 5.56 Å². The summed E-state index contributed by atoms with van der Waals surface area (Å²) in [6, 6.07) is 16.8. The van der Waals surface area contributed by atoms with Gasteiger partial charge in [0.2, 0.25) is 4.96 Å². The van der Waals surface area contributed by atoms with Crippen LogP contribution in [0.2, 0.25) is 0 Å². The van der Waals surface area contributed by atoms with Crippen molar-refractivity contribution in [3.8, 4) is 17.0 Å². The molecule has 0 radical (unpaired) electrons. The third-order valence-corrected chi connectivity index (χ3v) is 5.70. The molecule has 0 N–H and O–H groups in total. The van der Waals surface area contributed by atoms with Crippen LogP contribution in [0.1, 0.15) is 12.5 Å². The van der Waals surface area contributed by atoms with Gasteiger partial charge in [-0.05, 0) is 30.7 Å². The number of nitrogens with zero attached hydrogens (tertiary/aromatic N) is 3. The summed E-state index contributed by atoms with van der Waals surface area (Å²) >= 11 is 1.14. The Balaban J connectivity index is 1.67. The highest BCUT2D eigenvalue weighted by Crippen LogP contribution is 2.29. The molecule has 0 saturated heterocycles. The molecule has 6 nitrogen and oxygen atoms in total. The number of benzene rings is 2. The maximum atomic E-state index is 12.9. The minimum absolute atomic E-state index is 0.159. The zero-order chi connectivity index (χ0) is 20.0. The molecule has 0 amide bonds. The van der Waals surface area contributed by atoms with Gasteiger partial charge in [0, 0.05) is 11.1 Å². The van der Waals surface area contributed by atoms with E-state index in [9.17, 15) is 9.59 Å². The summed E-state index contributed by atoms with van der Waals surface area (Å²) in [5.74, 6) is 0.817. The summed E-state index contributed by atoms with van der Waals surface area (Å²) in [4.78, 5) is 29.7. The van der Waals surface area contributed by atoms with Crippen LogP contribution in [0.4, 0.5) is 0 Å². The predicted molar refractivity (Wildman–Crippen MR) is 113 cm³/mol. The summed E-state index contributed by atoms with van der Waals surface area (Å²) in [7, 11) is 0. The fourth-order valence-corrected chi connectivity index (χ4v) is 4.16. The Morgan fingerprint density at radius 2 is 1.83 bits per heavy atom. The number of rotatable bonds is 2. The molecule has 4 aromatic rings. The van der Waals surface area contributed by atoms with Crippen molar-refractivity contribution in [1.29, 1.82) is 0 Å². The van der Waals surface area contributed by atoms with Crippen molar-refractivity contribution in [2.24, 2.45) is 0 Å². The van der Waals surface area contributed by atoms with Gasteiger partial charge in [-0.2, -0.15) is 14.6 Å². The molecule has 0 aliphatic carbocycles. The average Bonchev–Trinajstić information content (AvgIpc) is 3.03. The standard InChI is InChI=1S/C22H15N3O3S/c1-13-16(11-15-9-5-6-10-17(15)28-13)12-18-21(27)25-22(29-18)23-20(26)19(24-25)14-7-3-2-4-8-14/h2-13H,1H3/b18-12+/t13-/m0/s1. The second-order valence-electron chi connectivity index (χ2n) is 6.68. The first-order valence-electron chi connectivity index (χ1n) is 9.08. The number of hydrogen-bond acceptors (Lipinski definition) is 6. The van der Waals surface area contributed by atoms with E-state index in [0.717, 1.165) is 28.2 Å². The van der Waals surface area contributed by atoms with E-state index in [1.807, 2.05) is 55.5 Å². The number of para-hydroxylation sites is 1. The Bertz CT molecular complexity index is 1440. The lowest BCUT2D eigenvalue weighted by molar-refractivity contribution is 0.259. The lowest BCUT2D eigenvalue weighted by Crippen LogP contribution is -2.28. The van der Waals surface area contributed by atoms with E-state index in [-0.39, 0.29) is 22.3 Å². The van der Waals surface area contributed by atoms with E-state index < -0.39 is 5.56 Å². The quantitative estimate of drug-likeness (QED) is 0.516. The largest absolute Gasteiger partial charge is 0.485 e. The minimum atomic E-state index is -0.452. The van der Waals surface area contributed by atoms with E-state index in [2.05, 4.69) is 10.1 Å². The third kappa shape index (κ3) is 3.05. The van der Waals surface area contributed by atoms with Gasteiger partial charge in [-0.1, -0.05) is 59.9 Å². The Morgan fingerprint density at radius 3 is 2.66 bits per heavy atom. The van der Waals surface area contributed by atoms with Crippen molar-refractivity contribution >= 4 is 28.4 Å². The molecule has 29 heavy (non-hydrogen) atoms. The predicted octanol–water partition coefficient (Wildman–Crippen LogP) is 2.54. The average molecular weight is 401 g/mol. The van der Waals surface area contributed by atoms with Crippen LogP contribution in [-0.4, -0.2) is 20.7 Å². The second-order valence-corrected chi connectivity index (χ2v) is 7.69. The highest BCUT2D eigenvalue weighted by Gasteiger charge is 2.18. The minimum Gasteiger partial charge on any atom is -0.485 e. The molecule has 5 rings (SSSR count).